The molecule has 2 saturated heterocycles. The molecular weight excluding hydrogens is 344 g/mol. The van der Waals surface area contributed by atoms with Crippen molar-refractivity contribution in [2.24, 2.45) is 0 Å². The van der Waals surface area contributed by atoms with Gasteiger partial charge < -0.3 is 4.90 Å². The Morgan fingerprint density at radius 3 is 2.32 bits per heavy atom. The molecule has 2 aliphatic heterocycles. The van der Waals surface area contributed by atoms with Gasteiger partial charge in [0.2, 0.25) is 17.7 Å². The van der Waals surface area contributed by atoms with Crippen molar-refractivity contribution >= 4 is 27.6 Å². The van der Waals surface area contributed by atoms with Gasteiger partial charge >= 0.3 is 0 Å². The Morgan fingerprint density at radius 1 is 1.04 bits per heavy atom. The van der Waals surface area contributed by atoms with Crippen molar-refractivity contribution in [1.82, 2.24) is 9.80 Å². The zero-order chi connectivity index (χ0) is 18.0. The number of nitrogens with zero attached hydrogens (tertiary/aromatic N) is 2. The number of carbonyl (C=O) groups excluding carboxylic acids is 3. The molecule has 0 spiro atoms. The minimum atomic E-state index is -3.37. The summed E-state index contributed by atoms with van der Waals surface area (Å²) >= 11 is 0. The van der Waals surface area contributed by atoms with E-state index in [1.807, 2.05) is 6.07 Å². The van der Waals surface area contributed by atoms with Crippen LogP contribution in [-0.2, 0) is 24.2 Å². The van der Waals surface area contributed by atoms with Crippen molar-refractivity contribution in [3.8, 4) is 0 Å². The zero-order valence-electron chi connectivity index (χ0n) is 13.8. The number of hydrogen-bond donors (Lipinski definition) is 0. The molecule has 3 rings (SSSR count). The summed E-state index contributed by atoms with van der Waals surface area (Å²) in [6, 6.07) is 8.97. The normalized spacial score (nSPS) is 23.6. The lowest BCUT2D eigenvalue weighted by atomic mass is 10.1. The second kappa shape index (κ2) is 6.95. The quantitative estimate of drug-likeness (QED) is 0.730. The standard InChI is InChI=1S/C17H20N2O5S/c20-15-6-7-16(21)19(15)12-17(22)18-9-8-14(25(23,24)11-10-18)13-4-2-1-3-5-13/h1-5,14H,6-12H2. The van der Waals surface area contributed by atoms with Crippen LogP contribution in [0.1, 0.15) is 30.1 Å². The predicted molar refractivity (Wildman–Crippen MR) is 90.1 cm³/mol. The van der Waals surface area contributed by atoms with Crippen molar-refractivity contribution < 1.29 is 22.8 Å². The molecule has 2 aliphatic rings. The molecule has 25 heavy (non-hydrogen) atoms. The minimum absolute atomic E-state index is 0.0840. The number of carbonyl (C=O) groups is 3. The average Bonchev–Trinajstić information content (AvgIpc) is 2.80. The third kappa shape index (κ3) is 3.73. The van der Waals surface area contributed by atoms with Crippen molar-refractivity contribution in [3.63, 3.8) is 0 Å². The highest BCUT2D eigenvalue weighted by atomic mass is 32.2. The second-order valence-corrected chi connectivity index (χ2v) is 8.61. The summed E-state index contributed by atoms with van der Waals surface area (Å²) in [6.45, 7) is 0.0717. The van der Waals surface area contributed by atoms with Crippen LogP contribution in [0.25, 0.3) is 0 Å². The van der Waals surface area contributed by atoms with Gasteiger partial charge in [0.25, 0.3) is 0 Å². The van der Waals surface area contributed by atoms with Gasteiger partial charge in [0.1, 0.15) is 6.54 Å². The van der Waals surface area contributed by atoms with E-state index in [0.29, 0.717) is 6.42 Å². The number of benzene rings is 1. The molecule has 1 aromatic carbocycles. The van der Waals surface area contributed by atoms with Gasteiger partial charge in [0.15, 0.2) is 9.84 Å². The number of imide groups is 1. The van der Waals surface area contributed by atoms with Crippen molar-refractivity contribution in [2.45, 2.75) is 24.5 Å². The molecule has 0 bridgehead atoms. The fourth-order valence-electron chi connectivity index (χ4n) is 3.27. The van der Waals surface area contributed by atoms with E-state index < -0.39 is 15.1 Å². The number of hydrogen-bond acceptors (Lipinski definition) is 5. The second-order valence-electron chi connectivity index (χ2n) is 6.31. The molecule has 1 unspecified atom stereocenters. The summed E-state index contributed by atoms with van der Waals surface area (Å²) in [5.41, 5.74) is 0.724. The van der Waals surface area contributed by atoms with Gasteiger partial charge in [-0.2, -0.15) is 0 Å². The summed E-state index contributed by atoms with van der Waals surface area (Å²) in [5, 5.41) is -0.637. The van der Waals surface area contributed by atoms with E-state index in [1.54, 1.807) is 24.3 Å². The van der Waals surface area contributed by atoms with E-state index >= 15 is 0 Å². The molecule has 0 aliphatic carbocycles. The van der Waals surface area contributed by atoms with E-state index in [2.05, 4.69) is 0 Å². The highest BCUT2D eigenvalue weighted by molar-refractivity contribution is 7.91. The Kier molecular flexibility index (Phi) is 4.89. The lowest BCUT2D eigenvalue weighted by Crippen LogP contribution is -2.43. The van der Waals surface area contributed by atoms with Gasteiger partial charge in [-0.05, 0) is 12.0 Å². The first-order chi connectivity index (χ1) is 11.9. The monoisotopic (exact) mass is 364 g/mol. The Bertz CT molecular complexity index is 775. The van der Waals surface area contributed by atoms with Crippen LogP contribution < -0.4 is 0 Å². The molecule has 134 valence electrons. The van der Waals surface area contributed by atoms with Gasteiger partial charge in [0, 0.05) is 25.9 Å². The molecule has 2 heterocycles. The van der Waals surface area contributed by atoms with Gasteiger partial charge in [-0.15, -0.1) is 0 Å². The van der Waals surface area contributed by atoms with Crippen LogP contribution in [0.4, 0.5) is 0 Å². The number of likely N-dealkylation sites (tertiary alicyclic amines) is 1. The first-order valence-electron chi connectivity index (χ1n) is 8.26. The van der Waals surface area contributed by atoms with Crippen LogP contribution in [-0.4, -0.2) is 61.3 Å². The third-order valence-electron chi connectivity index (χ3n) is 4.71. The Hall–Kier alpha value is -2.22. The van der Waals surface area contributed by atoms with Crippen molar-refractivity contribution in [2.75, 3.05) is 25.4 Å². The van der Waals surface area contributed by atoms with Crippen molar-refractivity contribution in [1.29, 1.82) is 0 Å². The molecular formula is C17H20N2O5S. The number of amides is 3. The van der Waals surface area contributed by atoms with Crippen LogP contribution >= 0.6 is 0 Å². The molecule has 1 aromatic rings. The van der Waals surface area contributed by atoms with E-state index in [4.69, 9.17) is 0 Å². The van der Waals surface area contributed by atoms with Crippen LogP contribution in [0.15, 0.2) is 30.3 Å². The van der Waals surface area contributed by atoms with Crippen LogP contribution in [0.5, 0.6) is 0 Å². The highest BCUT2D eigenvalue weighted by Crippen LogP contribution is 2.29. The molecule has 1 atom stereocenters. The number of sulfone groups is 1. The largest absolute Gasteiger partial charge is 0.340 e. The van der Waals surface area contributed by atoms with Crippen LogP contribution in [0.2, 0.25) is 0 Å². The summed E-state index contributed by atoms with van der Waals surface area (Å²) in [7, 11) is -3.37. The Labute approximate surface area is 146 Å². The molecule has 0 N–H and O–H groups in total. The van der Waals surface area contributed by atoms with Gasteiger partial charge in [-0.3, -0.25) is 19.3 Å². The summed E-state index contributed by atoms with van der Waals surface area (Å²) < 4.78 is 25.1. The maximum absolute atomic E-state index is 12.6. The van der Waals surface area contributed by atoms with Gasteiger partial charge in [-0.1, -0.05) is 30.3 Å². The smallest absolute Gasteiger partial charge is 0.242 e. The molecule has 0 saturated carbocycles. The Morgan fingerprint density at radius 2 is 1.68 bits per heavy atom. The predicted octanol–water partition coefficient (Wildman–Crippen LogP) is 0.524. The van der Waals surface area contributed by atoms with Gasteiger partial charge in [0.05, 0.1) is 11.0 Å². The first-order valence-corrected chi connectivity index (χ1v) is 9.97. The number of rotatable bonds is 3. The van der Waals surface area contributed by atoms with Crippen LogP contribution in [0.3, 0.4) is 0 Å². The molecule has 7 nitrogen and oxygen atoms in total. The van der Waals surface area contributed by atoms with Crippen LogP contribution in [0, 0.1) is 0 Å². The Balaban J connectivity index is 1.71. The summed E-state index contributed by atoms with van der Waals surface area (Å²) in [5.74, 6) is -1.20. The SMILES string of the molecule is O=C(CN1C(=O)CCC1=O)N1CCC(c2ccccc2)S(=O)(=O)CC1. The van der Waals surface area contributed by atoms with Gasteiger partial charge in [-0.25, -0.2) is 8.42 Å². The van der Waals surface area contributed by atoms with E-state index in [9.17, 15) is 22.8 Å². The zero-order valence-corrected chi connectivity index (χ0v) is 14.6. The molecule has 3 amide bonds. The minimum Gasteiger partial charge on any atom is -0.340 e. The third-order valence-corrected chi connectivity index (χ3v) is 6.84. The summed E-state index contributed by atoms with van der Waals surface area (Å²) in [4.78, 5) is 38.1. The van der Waals surface area contributed by atoms with Crippen molar-refractivity contribution in [3.05, 3.63) is 35.9 Å². The molecule has 2 fully saturated rings. The molecule has 8 heteroatoms. The maximum atomic E-state index is 12.6. The molecule has 0 aromatic heterocycles. The fraction of sp³-hybridized carbons (Fsp3) is 0.471. The van der Waals surface area contributed by atoms with E-state index in [1.165, 1.54) is 4.90 Å². The fourth-order valence-corrected chi connectivity index (χ4v) is 5.07. The summed E-state index contributed by atoms with van der Waals surface area (Å²) in [6.07, 6.45) is 0.577. The topological polar surface area (TPSA) is 91.8 Å². The van der Waals surface area contributed by atoms with E-state index in [-0.39, 0.29) is 56.0 Å². The first kappa shape index (κ1) is 17.6. The van der Waals surface area contributed by atoms with E-state index in [0.717, 1.165) is 10.5 Å². The average molecular weight is 364 g/mol. The molecule has 0 radical (unpaired) electrons. The lowest BCUT2D eigenvalue weighted by Gasteiger charge is -2.22. The highest BCUT2D eigenvalue weighted by Gasteiger charge is 2.35. The lowest BCUT2D eigenvalue weighted by molar-refractivity contribution is -0.145. The maximum Gasteiger partial charge on any atom is 0.242 e.